The van der Waals surface area contributed by atoms with Crippen LogP contribution < -0.4 is 21.1 Å². The highest BCUT2D eigenvalue weighted by Gasteiger charge is 2.26. The third kappa shape index (κ3) is 6.72. The number of rotatable bonds is 12. The van der Waals surface area contributed by atoms with Gasteiger partial charge in [0.25, 0.3) is 5.56 Å². The van der Waals surface area contributed by atoms with E-state index >= 15 is 0 Å². The second kappa shape index (κ2) is 13.6. The molecule has 3 aromatic heterocycles. The lowest BCUT2D eigenvalue weighted by atomic mass is 9.99. The summed E-state index contributed by atoms with van der Waals surface area (Å²) in [4.78, 5) is 49.3. The summed E-state index contributed by atoms with van der Waals surface area (Å²) in [6.07, 6.45) is 8.08. The number of hydrogen-bond acceptors (Lipinski definition) is 9. The Labute approximate surface area is 250 Å². The molecule has 1 fully saturated rings. The van der Waals surface area contributed by atoms with Crippen molar-refractivity contribution in [2.24, 2.45) is 0 Å². The molecule has 0 radical (unpaired) electrons. The van der Waals surface area contributed by atoms with Gasteiger partial charge in [0.1, 0.15) is 12.0 Å². The van der Waals surface area contributed by atoms with Crippen LogP contribution in [0.4, 0.5) is 4.79 Å². The molecular weight excluding hydrogens is 546 g/mol. The first-order chi connectivity index (χ1) is 20.9. The monoisotopic (exact) mass is 583 g/mol. The number of aromatic nitrogens is 5. The Kier molecular flexibility index (Phi) is 9.41. The highest BCUT2D eigenvalue weighted by atomic mass is 16.7. The number of hydrogen-bond donors (Lipinski definition) is 2. The Hall–Kier alpha value is -4.64. The molecule has 1 atom stereocenters. The van der Waals surface area contributed by atoms with E-state index in [1.165, 1.54) is 4.57 Å². The SMILES string of the molecule is CCCCCc1nc(C(C)C)n(-c2ncc(OCC)cn2)c(=O)c1Cc1ccc(-c2ccccc2C2NOC(=O)N2)nc1. The summed E-state index contributed by atoms with van der Waals surface area (Å²) in [5.74, 6) is 1.42. The maximum atomic E-state index is 14.2. The van der Waals surface area contributed by atoms with Crippen LogP contribution in [-0.2, 0) is 17.7 Å². The first-order valence-corrected chi connectivity index (χ1v) is 14.8. The van der Waals surface area contributed by atoms with Crippen molar-refractivity contribution in [3.8, 4) is 23.0 Å². The van der Waals surface area contributed by atoms with Crippen LogP contribution in [0.15, 0.2) is 59.8 Å². The molecule has 1 saturated heterocycles. The summed E-state index contributed by atoms with van der Waals surface area (Å²) < 4.78 is 7.03. The van der Waals surface area contributed by atoms with E-state index in [9.17, 15) is 9.59 Å². The maximum Gasteiger partial charge on any atom is 0.427 e. The van der Waals surface area contributed by atoms with Crippen molar-refractivity contribution in [3.05, 3.63) is 93.6 Å². The third-order valence-corrected chi connectivity index (χ3v) is 7.23. The Balaban J connectivity index is 1.51. The lowest BCUT2D eigenvalue weighted by molar-refractivity contribution is 0.122. The van der Waals surface area contributed by atoms with E-state index in [0.717, 1.165) is 47.3 Å². The van der Waals surface area contributed by atoms with Gasteiger partial charge in [-0.15, -0.1) is 5.48 Å². The van der Waals surface area contributed by atoms with Crippen LogP contribution >= 0.6 is 0 Å². The second-order valence-corrected chi connectivity index (χ2v) is 10.7. The van der Waals surface area contributed by atoms with Crippen LogP contribution in [0.3, 0.4) is 0 Å². The molecule has 11 heteroatoms. The molecule has 11 nitrogen and oxygen atoms in total. The molecule has 1 amide bonds. The summed E-state index contributed by atoms with van der Waals surface area (Å²) in [5, 5.41) is 2.74. The Morgan fingerprint density at radius 3 is 2.44 bits per heavy atom. The van der Waals surface area contributed by atoms with Gasteiger partial charge in [-0.1, -0.05) is 63.9 Å². The standard InChI is InChI=1S/C32H37N7O4/c1-5-7-8-13-27-25(30(40)39(29(36-27)20(3)4)31-34-18-22(19-35-31)42-6-2)16-21-14-15-26(33-17-21)23-11-9-10-12-24(23)28-37-32(41)43-38-28/h9-12,14-15,17-20,28,38H,5-8,13,16H2,1-4H3,(H,37,41). The Morgan fingerprint density at radius 2 is 1.79 bits per heavy atom. The van der Waals surface area contributed by atoms with E-state index in [1.807, 2.05) is 57.2 Å². The van der Waals surface area contributed by atoms with Crippen LogP contribution in [-0.4, -0.2) is 37.2 Å². The van der Waals surface area contributed by atoms with E-state index in [2.05, 4.69) is 27.7 Å². The van der Waals surface area contributed by atoms with Crippen LogP contribution in [0.25, 0.3) is 17.2 Å². The quantitative estimate of drug-likeness (QED) is 0.217. The molecule has 0 aliphatic carbocycles. The number of benzene rings is 1. The Morgan fingerprint density at radius 1 is 1.00 bits per heavy atom. The molecular formula is C32H37N7O4. The molecule has 224 valence electrons. The summed E-state index contributed by atoms with van der Waals surface area (Å²) in [6.45, 7) is 8.58. The van der Waals surface area contributed by atoms with Gasteiger partial charge in [0, 0.05) is 35.2 Å². The van der Waals surface area contributed by atoms with Crippen LogP contribution in [0, 0.1) is 0 Å². The van der Waals surface area contributed by atoms with Crippen molar-refractivity contribution < 1.29 is 14.4 Å². The number of ether oxygens (including phenoxy) is 1. The third-order valence-electron chi connectivity index (χ3n) is 7.23. The smallest absolute Gasteiger partial charge is 0.427 e. The number of carbonyl (C=O) groups excluding carboxylic acids is 1. The van der Waals surface area contributed by atoms with E-state index in [0.29, 0.717) is 36.6 Å². The van der Waals surface area contributed by atoms with Crippen molar-refractivity contribution in [2.45, 2.75) is 71.9 Å². The second-order valence-electron chi connectivity index (χ2n) is 10.7. The summed E-state index contributed by atoms with van der Waals surface area (Å²) in [7, 11) is 0. The van der Waals surface area contributed by atoms with E-state index in [-0.39, 0.29) is 17.4 Å². The number of nitrogens with zero attached hydrogens (tertiary/aromatic N) is 5. The van der Waals surface area contributed by atoms with Crippen molar-refractivity contribution >= 4 is 6.09 Å². The van der Waals surface area contributed by atoms with Gasteiger partial charge in [0.15, 0.2) is 5.75 Å². The Bertz CT molecular complexity index is 1620. The number of aryl methyl sites for hydroxylation is 1. The van der Waals surface area contributed by atoms with Crippen LogP contribution in [0.5, 0.6) is 5.75 Å². The van der Waals surface area contributed by atoms with Crippen molar-refractivity contribution in [1.82, 2.24) is 35.3 Å². The zero-order chi connectivity index (χ0) is 30.3. The fourth-order valence-electron chi connectivity index (χ4n) is 5.10. The average molecular weight is 584 g/mol. The largest absolute Gasteiger partial charge is 0.491 e. The summed E-state index contributed by atoms with van der Waals surface area (Å²) >= 11 is 0. The fourth-order valence-corrected chi connectivity index (χ4v) is 5.10. The number of hydroxylamine groups is 1. The first kappa shape index (κ1) is 29.8. The van der Waals surface area contributed by atoms with Gasteiger partial charge in [0.05, 0.1) is 30.4 Å². The van der Waals surface area contributed by atoms with Gasteiger partial charge >= 0.3 is 6.09 Å². The van der Waals surface area contributed by atoms with Crippen molar-refractivity contribution in [2.75, 3.05) is 6.61 Å². The van der Waals surface area contributed by atoms with E-state index in [4.69, 9.17) is 19.5 Å². The average Bonchev–Trinajstić information content (AvgIpc) is 3.45. The summed E-state index contributed by atoms with van der Waals surface area (Å²) in [6, 6.07) is 11.6. The molecule has 0 spiro atoms. The minimum Gasteiger partial charge on any atom is -0.491 e. The molecule has 1 aromatic carbocycles. The predicted molar refractivity (Wildman–Crippen MR) is 162 cm³/mol. The van der Waals surface area contributed by atoms with Gasteiger partial charge < -0.3 is 9.57 Å². The fraction of sp³-hybridized carbons (Fsp3) is 0.375. The molecule has 1 aliphatic heterocycles. The maximum absolute atomic E-state index is 14.2. The minimum atomic E-state index is -0.531. The molecule has 5 rings (SSSR count). The number of pyridine rings is 1. The molecule has 1 aliphatic rings. The van der Waals surface area contributed by atoms with Gasteiger partial charge in [0.2, 0.25) is 5.95 Å². The highest BCUT2D eigenvalue weighted by molar-refractivity contribution is 5.71. The van der Waals surface area contributed by atoms with Crippen molar-refractivity contribution in [1.29, 1.82) is 0 Å². The van der Waals surface area contributed by atoms with Crippen LogP contribution in [0.1, 0.15) is 87.2 Å². The molecule has 0 bridgehead atoms. The zero-order valence-electron chi connectivity index (χ0n) is 25.0. The van der Waals surface area contributed by atoms with Gasteiger partial charge in [-0.2, -0.15) is 0 Å². The van der Waals surface area contributed by atoms with Gasteiger partial charge in [-0.25, -0.2) is 24.3 Å². The zero-order valence-corrected chi connectivity index (χ0v) is 25.0. The molecule has 43 heavy (non-hydrogen) atoms. The topological polar surface area (TPSA) is 133 Å². The van der Waals surface area contributed by atoms with Crippen molar-refractivity contribution in [3.63, 3.8) is 0 Å². The normalized spacial score (nSPS) is 14.5. The molecule has 0 saturated carbocycles. The van der Waals surface area contributed by atoms with Gasteiger partial charge in [-0.3, -0.25) is 15.1 Å². The van der Waals surface area contributed by atoms with Gasteiger partial charge in [-0.05, 0) is 31.4 Å². The number of amides is 1. The molecule has 1 unspecified atom stereocenters. The minimum absolute atomic E-state index is 0.0209. The molecule has 4 heterocycles. The molecule has 4 aromatic rings. The lowest BCUT2D eigenvalue weighted by Crippen LogP contribution is -2.31. The first-order valence-electron chi connectivity index (χ1n) is 14.8. The number of unbranched alkanes of at least 4 members (excludes halogenated alkanes) is 2. The highest BCUT2D eigenvalue weighted by Crippen LogP contribution is 2.28. The lowest BCUT2D eigenvalue weighted by Gasteiger charge is -2.18. The predicted octanol–water partition coefficient (Wildman–Crippen LogP) is 5.17. The number of carbonyl (C=O) groups is 1. The summed E-state index contributed by atoms with van der Waals surface area (Å²) in [5.41, 5.74) is 7.25. The van der Waals surface area contributed by atoms with E-state index < -0.39 is 12.3 Å². The number of nitrogens with one attached hydrogen (secondary N) is 2. The van der Waals surface area contributed by atoms with Crippen LogP contribution in [0.2, 0.25) is 0 Å². The van der Waals surface area contributed by atoms with E-state index in [1.54, 1.807) is 18.6 Å². The molecule has 2 N–H and O–H groups in total.